The number of likely N-dealkylation sites (tertiary alicyclic amines) is 1. The van der Waals surface area contributed by atoms with E-state index >= 15 is 0 Å². The van der Waals surface area contributed by atoms with E-state index < -0.39 is 11.9 Å². The number of hydrogen-bond donors (Lipinski definition) is 2. The van der Waals surface area contributed by atoms with Gasteiger partial charge in [-0.15, -0.1) is 0 Å². The van der Waals surface area contributed by atoms with Crippen LogP contribution in [0, 0.1) is 11.8 Å². The van der Waals surface area contributed by atoms with Gasteiger partial charge in [-0.25, -0.2) is 0 Å². The van der Waals surface area contributed by atoms with Crippen LogP contribution < -0.4 is 5.32 Å². The SMILES string of the molecule is CC(CN1CCCCC1)NC(=O)C1CCCCC1C(=O)O. The third kappa shape index (κ3) is 4.70. The van der Waals surface area contributed by atoms with Crippen molar-refractivity contribution in [2.45, 2.75) is 57.9 Å². The molecule has 0 radical (unpaired) electrons. The van der Waals surface area contributed by atoms with Crippen LogP contribution >= 0.6 is 0 Å². The lowest BCUT2D eigenvalue weighted by molar-refractivity contribution is -0.149. The Kier molecular flexibility index (Phi) is 6.03. The summed E-state index contributed by atoms with van der Waals surface area (Å²) in [5.74, 6) is -1.73. The Labute approximate surface area is 127 Å². The fraction of sp³-hybridized carbons (Fsp3) is 0.875. The highest BCUT2D eigenvalue weighted by molar-refractivity contribution is 5.85. The molecule has 2 fully saturated rings. The zero-order valence-electron chi connectivity index (χ0n) is 13.0. The molecule has 5 heteroatoms. The summed E-state index contributed by atoms with van der Waals surface area (Å²) < 4.78 is 0. The number of carboxylic acid groups (broad SMARTS) is 1. The molecule has 3 unspecified atom stereocenters. The molecule has 0 aromatic rings. The average Bonchev–Trinajstić information content (AvgIpc) is 2.48. The summed E-state index contributed by atoms with van der Waals surface area (Å²) in [6.07, 6.45) is 7.01. The second-order valence-electron chi connectivity index (χ2n) is 6.61. The predicted molar refractivity (Wildman–Crippen MR) is 81.0 cm³/mol. The Balaban J connectivity index is 1.82. The molecule has 1 heterocycles. The van der Waals surface area contributed by atoms with E-state index in [9.17, 15) is 14.7 Å². The Hall–Kier alpha value is -1.10. The predicted octanol–water partition coefficient (Wildman–Crippen LogP) is 1.87. The van der Waals surface area contributed by atoms with Gasteiger partial charge in [0.2, 0.25) is 5.91 Å². The van der Waals surface area contributed by atoms with Crippen molar-refractivity contribution in [1.82, 2.24) is 10.2 Å². The first kappa shape index (κ1) is 16.3. The van der Waals surface area contributed by atoms with Crippen molar-refractivity contribution in [1.29, 1.82) is 0 Å². The Bertz CT molecular complexity index is 367. The first-order valence-electron chi connectivity index (χ1n) is 8.33. The minimum absolute atomic E-state index is 0.0633. The summed E-state index contributed by atoms with van der Waals surface area (Å²) in [5, 5.41) is 12.3. The number of carboxylic acids is 1. The van der Waals surface area contributed by atoms with Crippen LogP contribution in [0.4, 0.5) is 0 Å². The number of carbonyl (C=O) groups is 2. The Morgan fingerprint density at radius 3 is 2.33 bits per heavy atom. The van der Waals surface area contributed by atoms with E-state index in [0.717, 1.165) is 32.5 Å². The molecule has 0 aromatic carbocycles. The molecule has 3 atom stereocenters. The molecule has 2 N–H and O–H groups in total. The molecule has 1 aliphatic carbocycles. The number of hydrogen-bond acceptors (Lipinski definition) is 3. The van der Waals surface area contributed by atoms with E-state index in [4.69, 9.17) is 0 Å². The van der Waals surface area contributed by atoms with Gasteiger partial charge in [-0.05, 0) is 45.7 Å². The van der Waals surface area contributed by atoms with Crippen LogP contribution in [0.5, 0.6) is 0 Å². The summed E-state index contributed by atoms with van der Waals surface area (Å²) in [6, 6.07) is 0.0898. The molecular formula is C16H28N2O3. The fourth-order valence-corrected chi connectivity index (χ4v) is 3.67. The summed E-state index contributed by atoms with van der Waals surface area (Å²) >= 11 is 0. The molecule has 120 valence electrons. The van der Waals surface area contributed by atoms with Crippen molar-refractivity contribution in [2.75, 3.05) is 19.6 Å². The molecule has 21 heavy (non-hydrogen) atoms. The normalized spacial score (nSPS) is 28.8. The summed E-state index contributed by atoms with van der Waals surface area (Å²) in [6.45, 7) is 5.12. The molecule has 0 spiro atoms. The number of amides is 1. The molecule has 1 aliphatic heterocycles. The van der Waals surface area contributed by atoms with E-state index in [2.05, 4.69) is 10.2 Å². The quantitative estimate of drug-likeness (QED) is 0.812. The zero-order valence-corrected chi connectivity index (χ0v) is 13.0. The van der Waals surface area contributed by atoms with Gasteiger partial charge in [0.15, 0.2) is 0 Å². The summed E-state index contributed by atoms with van der Waals surface area (Å²) in [4.78, 5) is 26.0. The van der Waals surface area contributed by atoms with Gasteiger partial charge in [-0.1, -0.05) is 19.3 Å². The highest BCUT2D eigenvalue weighted by Gasteiger charge is 2.36. The smallest absolute Gasteiger partial charge is 0.307 e. The van der Waals surface area contributed by atoms with Crippen LogP contribution in [0.1, 0.15) is 51.9 Å². The molecule has 2 aliphatic rings. The highest BCUT2D eigenvalue weighted by Crippen LogP contribution is 2.30. The molecular weight excluding hydrogens is 268 g/mol. The summed E-state index contributed by atoms with van der Waals surface area (Å²) in [5.41, 5.74) is 0. The van der Waals surface area contributed by atoms with Gasteiger partial charge in [-0.2, -0.15) is 0 Å². The average molecular weight is 296 g/mol. The number of rotatable bonds is 5. The zero-order chi connectivity index (χ0) is 15.2. The van der Waals surface area contributed by atoms with Crippen LogP contribution in [0.15, 0.2) is 0 Å². The lowest BCUT2D eigenvalue weighted by Gasteiger charge is -2.32. The van der Waals surface area contributed by atoms with E-state index in [-0.39, 0.29) is 17.9 Å². The fourth-order valence-electron chi connectivity index (χ4n) is 3.67. The molecule has 0 aromatic heterocycles. The van der Waals surface area contributed by atoms with Crippen molar-refractivity contribution >= 4 is 11.9 Å². The standard InChI is InChI=1S/C16H28N2O3/c1-12(11-18-9-5-2-6-10-18)17-15(19)13-7-3-4-8-14(13)16(20)21/h12-14H,2-11H2,1H3,(H,17,19)(H,20,21). The van der Waals surface area contributed by atoms with Crippen LogP contribution in [0.2, 0.25) is 0 Å². The maximum Gasteiger partial charge on any atom is 0.307 e. The van der Waals surface area contributed by atoms with Crippen molar-refractivity contribution in [3.8, 4) is 0 Å². The van der Waals surface area contributed by atoms with Crippen molar-refractivity contribution < 1.29 is 14.7 Å². The molecule has 0 bridgehead atoms. The third-order valence-corrected chi connectivity index (χ3v) is 4.79. The molecule has 1 amide bonds. The van der Waals surface area contributed by atoms with Gasteiger partial charge in [0, 0.05) is 12.6 Å². The van der Waals surface area contributed by atoms with E-state index in [0.29, 0.717) is 12.8 Å². The van der Waals surface area contributed by atoms with E-state index in [1.165, 1.54) is 19.3 Å². The van der Waals surface area contributed by atoms with Crippen LogP contribution in [-0.2, 0) is 9.59 Å². The van der Waals surface area contributed by atoms with Crippen LogP contribution in [-0.4, -0.2) is 47.6 Å². The van der Waals surface area contributed by atoms with Crippen molar-refractivity contribution in [3.63, 3.8) is 0 Å². The lowest BCUT2D eigenvalue weighted by Crippen LogP contribution is -2.47. The minimum Gasteiger partial charge on any atom is -0.481 e. The number of nitrogens with zero attached hydrogens (tertiary/aromatic N) is 1. The molecule has 5 nitrogen and oxygen atoms in total. The number of nitrogens with one attached hydrogen (secondary N) is 1. The van der Waals surface area contributed by atoms with Crippen molar-refractivity contribution in [3.05, 3.63) is 0 Å². The Morgan fingerprint density at radius 1 is 1.10 bits per heavy atom. The van der Waals surface area contributed by atoms with Gasteiger partial charge in [-0.3, -0.25) is 9.59 Å². The second-order valence-corrected chi connectivity index (χ2v) is 6.61. The maximum absolute atomic E-state index is 12.4. The first-order valence-corrected chi connectivity index (χ1v) is 8.33. The maximum atomic E-state index is 12.4. The topological polar surface area (TPSA) is 69.6 Å². The Morgan fingerprint density at radius 2 is 1.71 bits per heavy atom. The highest BCUT2D eigenvalue weighted by atomic mass is 16.4. The van der Waals surface area contributed by atoms with Gasteiger partial charge >= 0.3 is 5.97 Å². The number of carbonyl (C=O) groups excluding carboxylic acids is 1. The number of piperidine rings is 1. The van der Waals surface area contributed by atoms with Gasteiger partial charge in [0.1, 0.15) is 0 Å². The molecule has 2 rings (SSSR count). The minimum atomic E-state index is -0.821. The van der Waals surface area contributed by atoms with Gasteiger partial charge in [0.05, 0.1) is 11.8 Å². The third-order valence-electron chi connectivity index (χ3n) is 4.79. The van der Waals surface area contributed by atoms with Gasteiger partial charge in [0.25, 0.3) is 0 Å². The second kappa shape index (κ2) is 7.78. The van der Waals surface area contributed by atoms with Gasteiger partial charge < -0.3 is 15.3 Å². The molecule has 1 saturated heterocycles. The molecule has 1 saturated carbocycles. The van der Waals surface area contributed by atoms with E-state index in [1.807, 2.05) is 6.92 Å². The summed E-state index contributed by atoms with van der Waals surface area (Å²) in [7, 11) is 0. The van der Waals surface area contributed by atoms with Crippen molar-refractivity contribution in [2.24, 2.45) is 11.8 Å². The first-order chi connectivity index (χ1) is 10.1. The monoisotopic (exact) mass is 296 g/mol. The van der Waals surface area contributed by atoms with Crippen LogP contribution in [0.3, 0.4) is 0 Å². The number of aliphatic carboxylic acids is 1. The van der Waals surface area contributed by atoms with E-state index in [1.54, 1.807) is 0 Å². The largest absolute Gasteiger partial charge is 0.481 e. The van der Waals surface area contributed by atoms with Crippen LogP contribution in [0.25, 0.3) is 0 Å². The lowest BCUT2D eigenvalue weighted by atomic mass is 9.78.